The van der Waals surface area contributed by atoms with Gasteiger partial charge in [0.2, 0.25) is 17.7 Å². The Labute approximate surface area is 104 Å². The van der Waals surface area contributed by atoms with Gasteiger partial charge in [-0.05, 0) is 24.9 Å². The van der Waals surface area contributed by atoms with Gasteiger partial charge < -0.3 is 11.1 Å². The Bertz CT molecular complexity index is 322. The van der Waals surface area contributed by atoms with Gasteiger partial charge in [-0.25, -0.2) is 0 Å². The Hall–Kier alpha value is -1.08. The first-order valence-electron chi connectivity index (χ1n) is 5.43. The van der Waals surface area contributed by atoms with Crippen molar-refractivity contribution in [3.05, 3.63) is 0 Å². The summed E-state index contributed by atoms with van der Waals surface area (Å²) in [5, 5.41) is 4.74. The van der Waals surface area contributed by atoms with E-state index in [0.29, 0.717) is 12.8 Å². The first-order chi connectivity index (χ1) is 8.04. The largest absolute Gasteiger partial charge is 0.343 e. The zero-order valence-electron chi connectivity index (χ0n) is 9.69. The van der Waals surface area contributed by atoms with E-state index in [1.165, 1.54) is 0 Å². The molecule has 1 fully saturated rings. The molecular weight excluding hydrogens is 242 g/mol. The molecule has 96 valence electrons. The second-order valence-electron chi connectivity index (χ2n) is 3.90. The van der Waals surface area contributed by atoms with Gasteiger partial charge in [-0.1, -0.05) is 0 Å². The molecule has 1 heterocycles. The number of thioether (sulfide) groups is 1. The fourth-order valence-corrected chi connectivity index (χ4v) is 1.98. The molecule has 6 nitrogen and oxygen atoms in total. The minimum Gasteiger partial charge on any atom is -0.343 e. The van der Waals surface area contributed by atoms with Crippen LogP contribution in [0.1, 0.15) is 19.3 Å². The van der Waals surface area contributed by atoms with Crippen LogP contribution < -0.4 is 16.4 Å². The zero-order chi connectivity index (χ0) is 12.8. The third kappa shape index (κ3) is 4.35. The topological polar surface area (TPSA) is 101 Å². The van der Waals surface area contributed by atoms with E-state index in [2.05, 4.69) is 10.6 Å². The predicted octanol–water partition coefficient (Wildman–Crippen LogP) is -1.01. The fraction of sp³-hybridized carbons (Fsp3) is 0.700. The van der Waals surface area contributed by atoms with Gasteiger partial charge in [0.05, 0.1) is 6.04 Å². The highest BCUT2D eigenvalue weighted by molar-refractivity contribution is 7.98. The maximum Gasteiger partial charge on any atom is 0.249 e. The summed E-state index contributed by atoms with van der Waals surface area (Å²) < 4.78 is 0. The Morgan fingerprint density at radius 1 is 1.65 bits per heavy atom. The molecule has 1 aliphatic rings. The van der Waals surface area contributed by atoms with E-state index < -0.39 is 18.0 Å². The molecule has 1 unspecified atom stereocenters. The molecule has 3 amide bonds. The highest BCUT2D eigenvalue weighted by Gasteiger charge is 2.28. The van der Waals surface area contributed by atoms with Crippen molar-refractivity contribution in [3.63, 3.8) is 0 Å². The highest BCUT2D eigenvalue weighted by atomic mass is 32.2. The van der Waals surface area contributed by atoms with Crippen LogP contribution in [-0.4, -0.2) is 41.8 Å². The van der Waals surface area contributed by atoms with Crippen molar-refractivity contribution >= 4 is 29.5 Å². The SMILES string of the molecule is CSCC[C@H](N)C(=O)NC1CCC(=O)NC1=O. The summed E-state index contributed by atoms with van der Waals surface area (Å²) >= 11 is 1.61. The molecule has 0 spiro atoms. The summed E-state index contributed by atoms with van der Waals surface area (Å²) in [6.07, 6.45) is 3.09. The fourth-order valence-electron chi connectivity index (χ4n) is 1.49. The van der Waals surface area contributed by atoms with Crippen molar-refractivity contribution < 1.29 is 14.4 Å². The number of nitrogens with one attached hydrogen (secondary N) is 2. The van der Waals surface area contributed by atoms with E-state index in [0.717, 1.165) is 5.75 Å². The summed E-state index contributed by atoms with van der Waals surface area (Å²) in [5.74, 6) is -0.295. The minimum absolute atomic E-state index is 0.247. The maximum atomic E-state index is 11.6. The molecule has 2 atom stereocenters. The standard InChI is InChI=1S/C10H17N3O3S/c1-17-5-4-6(11)9(15)12-7-2-3-8(14)13-10(7)16/h6-7H,2-5,11H2,1H3,(H,12,15)(H,13,14,16)/t6-,7?/m0/s1. The van der Waals surface area contributed by atoms with Crippen molar-refractivity contribution in [1.82, 2.24) is 10.6 Å². The van der Waals surface area contributed by atoms with Crippen LogP contribution in [0.2, 0.25) is 0 Å². The number of piperidine rings is 1. The van der Waals surface area contributed by atoms with Crippen molar-refractivity contribution in [1.29, 1.82) is 0 Å². The average molecular weight is 259 g/mol. The monoisotopic (exact) mass is 259 g/mol. The molecule has 0 bridgehead atoms. The van der Waals surface area contributed by atoms with Crippen LogP contribution in [0.3, 0.4) is 0 Å². The highest BCUT2D eigenvalue weighted by Crippen LogP contribution is 2.05. The Morgan fingerprint density at radius 3 is 2.94 bits per heavy atom. The van der Waals surface area contributed by atoms with Crippen LogP contribution in [0.25, 0.3) is 0 Å². The van der Waals surface area contributed by atoms with Gasteiger partial charge in [0.1, 0.15) is 6.04 Å². The number of hydrogen-bond acceptors (Lipinski definition) is 5. The Kier molecular flexibility index (Phi) is 5.43. The van der Waals surface area contributed by atoms with Gasteiger partial charge in [-0.15, -0.1) is 0 Å². The molecular formula is C10H17N3O3S. The first-order valence-corrected chi connectivity index (χ1v) is 6.82. The van der Waals surface area contributed by atoms with E-state index in [1.807, 2.05) is 6.26 Å². The molecule has 7 heteroatoms. The zero-order valence-corrected chi connectivity index (χ0v) is 10.5. The molecule has 4 N–H and O–H groups in total. The molecule has 0 radical (unpaired) electrons. The number of carbonyl (C=O) groups is 3. The molecule has 1 rings (SSSR count). The quantitative estimate of drug-likeness (QED) is 0.549. The van der Waals surface area contributed by atoms with E-state index >= 15 is 0 Å². The van der Waals surface area contributed by atoms with Gasteiger partial charge in [0.25, 0.3) is 0 Å². The van der Waals surface area contributed by atoms with Gasteiger partial charge in [-0.3, -0.25) is 19.7 Å². The lowest BCUT2D eigenvalue weighted by Gasteiger charge is -2.23. The first kappa shape index (κ1) is 14.0. The van der Waals surface area contributed by atoms with Crippen LogP contribution in [0, 0.1) is 0 Å². The van der Waals surface area contributed by atoms with Crippen LogP contribution in [0.4, 0.5) is 0 Å². The number of imide groups is 1. The summed E-state index contributed by atoms with van der Waals surface area (Å²) in [6.45, 7) is 0. The van der Waals surface area contributed by atoms with Crippen molar-refractivity contribution in [2.45, 2.75) is 31.3 Å². The maximum absolute atomic E-state index is 11.6. The normalized spacial score (nSPS) is 21.9. The molecule has 0 aromatic carbocycles. The van der Waals surface area contributed by atoms with Crippen LogP contribution in [-0.2, 0) is 14.4 Å². The lowest BCUT2D eigenvalue weighted by molar-refractivity contribution is -0.137. The molecule has 1 saturated heterocycles. The summed E-state index contributed by atoms with van der Waals surface area (Å²) in [6, 6.07) is -1.24. The lowest BCUT2D eigenvalue weighted by atomic mass is 10.1. The van der Waals surface area contributed by atoms with E-state index in [9.17, 15) is 14.4 Å². The smallest absolute Gasteiger partial charge is 0.249 e. The van der Waals surface area contributed by atoms with Gasteiger partial charge in [-0.2, -0.15) is 11.8 Å². The molecule has 17 heavy (non-hydrogen) atoms. The number of rotatable bonds is 5. The van der Waals surface area contributed by atoms with Crippen molar-refractivity contribution in [2.24, 2.45) is 5.73 Å². The molecule has 0 aliphatic carbocycles. The Balaban J connectivity index is 2.40. The summed E-state index contributed by atoms with van der Waals surface area (Å²) in [4.78, 5) is 33.9. The van der Waals surface area contributed by atoms with Crippen molar-refractivity contribution in [3.8, 4) is 0 Å². The number of hydrogen-bond donors (Lipinski definition) is 3. The molecule has 0 saturated carbocycles. The van der Waals surface area contributed by atoms with Gasteiger partial charge in [0.15, 0.2) is 0 Å². The minimum atomic E-state index is -0.638. The van der Waals surface area contributed by atoms with Crippen LogP contribution in [0.15, 0.2) is 0 Å². The van der Waals surface area contributed by atoms with Gasteiger partial charge >= 0.3 is 0 Å². The third-order valence-electron chi connectivity index (χ3n) is 2.53. The average Bonchev–Trinajstić information content (AvgIpc) is 2.29. The number of nitrogens with two attached hydrogens (primary N) is 1. The molecule has 0 aromatic heterocycles. The van der Waals surface area contributed by atoms with Crippen LogP contribution >= 0.6 is 11.8 Å². The lowest BCUT2D eigenvalue weighted by Crippen LogP contribution is -2.55. The number of amides is 3. The van der Waals surface area contributed by atoms with Crippen molar-refractivity contribution in [2.75, 3.05) is 12.0 Å². The van der Waals surface area contributed by atoms with E-state index in [-0.39, 0.29) is 18.2 Å². The summed E-state index contributed by atoms with van der Waals surface area (Å²) in [5.41, 5.74) is 5.67. The number of carbonyl (C=O) groups excluding carboxylic acids is 3. The second-order valence-corrected chi connectivity index (χ2v) is 4.89. The molecule has 0 aromatic rings. The summed E-state index contributed by atoms with van der Waals surface area (Å²) in [7, 11) is 0. The van der Waals surface area contributed by atoms with Gasteiger partial charge in [0, 0.05) is 6.42 Å². The molecule has 1 aliphatic heterocycles. The van der Waals surface area contributed by atoms with E-state index in [4.69, 9.17) is 5.73 Å². The van der Waals surface area contributed by atoms with E-state index in [1.54, 1.807) is 11.8 Å². The van der Waals surface area contributed by atoms with Crippen LogP contribution in [0.5, 0.6) is 0 Å². The predicted molar refractivity (Wildman–Crippen MR) is 65.3 cm³/mol. The third-order valence-corrected chi connectivity index (χ3v) is 3.17. The Morgan fingerprint density at radius 2 is 2.35 bits per heavy atom. The second kappa shape index (κ2) is 6.61.